The average molecular weight is 581 g/mol. The quantitative estimate of drug-likeness (QED) is 0.335. The van der Waals surface area contributed by atoms with E-state index < -0.39 is 34.3 Å². The van der Waals surface area contributed by atoms with Crippen LogP contribution in [-0.2, 0) is 26.2 Å². The number of sulfonamides is 1. The molecule has 0 bridgehead atoms. The Hall–Kier alpha value is -3.14. The molecular weight excluding hydrogens is 552 g/mol. The van der Waals surface area contributed by atoms with Crippen molar-refractivity contribution in [3.8, 4) is 0 Å². The van der Waals surface area contributed by atoms with Gasteiger partial charge in [0.1, 0.15) is 18.4 Å². The fourth-order valence-electron chi connectivity index (χ4n) is 3.89. The Bertz CT molecular complexity index is 1370. The number of nitrogens with zero attached hydrogens (tertiary/aromatic N) is 2. The molecule has 0 aliphatic heterocycles. The van der Waals surface area contributed by atoms with Crippen molar-refractivity contribution in [2.75, 3.05) is 17.4 Å². The SMILES string of the molecule is CCNC(=O)[C@@H](CC)N(Cc1ccc(F)cc1)C(=O)CN(c1cccc(Cl)c1)S(=O)(=O)c1ccc(Cl)cc1. The molecule has 0 fully saturated rings. The first kappa shape index (κ1) is 29.4. The molecule has 0 unspecified atom stereocenters. The zero-order valence-electron chi connectivity index (χ0n) is 20.9. The Morgan fingerprint density at radius 3 is 2.18 bits per heavy atom. The van der Waals surface area contributed by atoms with E-state index in [0.717, 1.165) is 4.31 Å². The van der Waals surface area contributed by atoms with E-state index in [9.17, 15) is 22.4 Å². The van der Waals surface area contributed by atoms with Gasteiger partial charge >= 0.3 is 0 Å². The van der Waals surface area contributed by atoms with E-state index in [1.165, 1.54) is 65.6 Å². The van der Waals surface area contributed by atoms with Gasteiger partial charge in [-0.1, -0.05) is 48.3 Å². The molecule has 0 aromatic heterocycles. The highest BCUT2D eigenvalue weighted by Gasteiger charge is 2.33. The van der Waals surface area contributed by atoms with Crippen molar-refractivity contribution in [2.45, 2.75) is 37.8 Å². The summed E-state index contributed by atoms with van der Waals surface area (Å²) in [5, 5.41) is 3.36. The number of carbonyl (C=O) groups excluding carboxylic acids is 2. The number of nitrogens with one attached hydrogen (secondary N) is 1. The van der Waals surface area contributed by atoms with Gasteiger partial charge in [-0.3, -0.25) is 13.9 Å². The second-order valence-corrected chi connectivity index (χ2v) is 11.1. The number of hydrogen-bond acceptors (Lipinski definition) is 4. The minimum Gasteiger partial charge on any atom is -0.355 e. The Labute approximate surface area is 232 Å². The fraction of sp³-hybridized carbons (Fsp3) is 0.259. The van der Waals surface area contributed by atoms with Gasteiger partial charge in [0.15, 0.2) is 0 Å². The lowest BCUT2D eigenvalue weighted by molar-refractivity contribution is -0.140. The summed E-state index contributed by atoms with van der Waals surface area (Å²) in [7, 11) is -4.24. The largest absolute Gasteiger partial charge is 0.355 e. The summed E-state index contributed by atoms with van der Waals surface area (Å²) in [6.45, 7) is 3.23. The minimum absolute atomic E-state index is 0.0286. The van der Waals surface area contributed by atoms with Crippen molar-refractivity contribution >= 4 is 50.7 Å². The first-order valence-electron chi connectivity index (χ1n) is 11.9. The van der Waals surface area contributed by atoms with Crippen LogP contribution in [-0.4, -0.2) is 44.3 Å². The van der Waals surface area contributed by atoms with Crippen LogP contribution in [0, 0.1) is 5.82 Å². The molecule has 38 heavy (non-hydrogen) atoms. The Morgan fingerprint density at radius 2 is 1.61 bits per heavy atom. The highest BCUT2D eigenvalue weighted by atomic mass is 35.5. The van der Waals surface area contributed by atoms with Gasteiger partial charge in [-0.15, -0.1) is 0 Å². The number of anilines is 1. The van der Waals surface area contributed by atoms with Gasteiger partial charge in [0.25, 0.3) is 10.0 Å². The number of rotatable bonds is 11. The van der Waals surface area contributed by atoms with Crippen LogP contribution in [0.25, 0.3) is 0 Å². The van der Waals surface area contributed by atoms with Crippen molar-refractivity contribution in [1.82, 2.24) is 10.2 Å². The molecule has 11 heteroatoms. The number of carbonyl (C=O) groups is 2. The Balaban J connectivity index is 2.05. The molecule has 3 aromatic carbocycles. The maximum atomic E-state index is 13.8. The van der Waals surface area contributed by atoms with Crippen LogP contribution in [0.5, 0.6) is 0 Å². The van der Waals surface area contributed by atoms with E-state index in [-0.39, 0.29) is 34.5 Å². The summed E-state index contributed by atoms with van der Waals surface area (Å²) in [6.07, 6.45) is 0.278. The van der Waals surface area contributed by atoms with Gasteiger partial charge in [-0.25, -0.2) is 12.8 Å². The molecule has 3 aromatic rings. The molecule has 0 saturated heterocycles. The third kappa shape index (κ3) is 7.24. The van der Waals surface area contributed by atoms with Crippen molar-refractivity contribution < 1.29 is 22.4 Å². The Kier molecular flexibility index (Phi) is 10.1. The highest BCUT2D eigenvalue weighted by molar-refractivity contribution is 7.92. The number of halogens is 3. The van der Waals surface area contributed by atoms with Crippen LogP contribution in [0.4, 0.5) is 10.1 Å². The summed E-state index contributed by atoms with van der Waals surface area (Å²) in [6, 6.07) is 16.4. The first-order chi connectivity index (χ1) is 18.1. The van der Waals surface area contributed by atoms with Crippen LogP contribution in [0.3, 0.4) is 0 Å². The van der Waals surface area contributed by atoms with E-state index in [0.29, 0.717) is 17.1 Å². The Morgan fingerprint density at radius 1 is 0.947 bits per heavy atom. The van der Waals surface area contributed by atoms with Gasteiger partial charge in [-0.05, 0) is 73.5 Å². The maximum absolute atomic E-state index is 13.8. The lowest BCUT2D eigenvalue weighted by Gasteiger charge is -2.33. The third-order valence-electron chi connectivity index (χ3n) is 5.78. The highest BCUT2D eigenvalue weighted by Crippen LogP contribution is 2.27. The number of benzene rings is 3. The van der Waals surface area contributed by atoms with E-state index in [1.54, 1.807) is 26.0 Å². The zero-order chi connectivity index (χ0) is 27.9. The van der Waals surface area contributed by atoms with E-state index in [4.69, 9.17) is 23.2 Å². The number of hydrogen-bond donors (Lipinski definition) is 1. The van der Waals surface area contributed by atoms with Crippen molar-refractivity contribution in [2.24, 2.45) is 0 Å². The van der Waals surface area contributed by atoms with Crippen LogP contribution in [0.1, 0.15) is 25.8 Å². The molecule has 0 saturated carbocycles. The van der Waals surface area contributed by atoms with E-state index in [2.05, 4.69) is 5.32 Å². The van der Waals surface area contributed by atoms with Gasteiger partial charge in [-0.2, -0.15) is 0 Å². The molecule has 0 radical (unpaired) electrons. The van der Waals surface area contributed by atoms with Crippen molar-refractivity contribution in [3.05, 3.63) is 94.2 Å². The summed E-state index contributed by atoms with van der Waals surface area (Å²) in [5.41, 5.74) is 0.756. The second kappa shape index (κ2) is 13.1. The van der Waals surface area contributed by atoms with Crippen LogP contribution in [0.2, 0.25) is 10.0 Å². The number of likely N-dealkylation sites (N-methyl/N-ethyl adjacent to an activating group) is 1. The molecule has 1 N–H and O–H groups in total. The molecule has 0 aliphatic rings. The second-order valence-electron chi connectivity index (χ2n) is 8.41. The van der Waals surface area contributed by atoms with Crippen molar-refractivity contribution in [3.63, 3.8) is 0 Å². The molecular formula is C27H28Cl2FN3O4S. The predicted octanol–water partition coefficient (Wildman–Crippen LogP) is 5.27. The monoisotopic (exact) mass is 579 g/mol. The summed E-state index contributed by atoms with van der Waals surface area (Å²) in [5.74, 6) is -1.44. The summed E-state index contributed by atoms with van der Waals surface area (Å²) >= 11 is 12.1. The third-order valence-corrected chi connectivity index (χ3v) is 8.05. The average Bonchev–Trinajstić information content (AvgIpc) is 2.88. The van der Waals surface area contributed by atoms with Gasteiger partial charge in [0, 0.05) is 23.1 Å². The summed E-state index contributed by atoms with van der Waals surface area (Å²) in [4.78, 5) is 28.0. The normalized spacial score (nSPS) is 12.0. The first-order valence-corrected chi connectivity index (χ1v) is 14.1. The molecule has 7 nitrogen and oxygen atoms in total. The molecule has 0 aliphatic carbocycles. The van der Waals surface area contributed by atoms with Crippen LogP contribution >= 0.6 is 23.2 Å². The molecule has 1 atom stereocenters. The lowest BCUT2D eigenvalue weighted by Crippen LogP contribution is -2.52. The molecule has 3 rings (SSSR count). The molecule has 202 valence electrons. The number of amides is 2. The van der Waals surface area contributed by atoms with Gasteiger partial charge in [0.2, 0.25) is 11.8 Å². The minimum atomic E-state index is -4.24. The van der Waals surface area contributed by atoms with E-state index in [1.807, 2.05) is 0 Å². The smallest absolute Gasteiger partial charge is 0.264 e. The molecule has 0 heterocycles. The van der Waals surface area contributed by atoms with Crippen LogP contribution in [0.15, 0.2) is 77.7 Å². The molecule has 2 amide bonds. The fourth-order valence-corrected chi connectivity index (χ4v) is 5.61. The van der Waals surface area contributed by atoms with Gasteiger partial charge in [0.05, 0.1) is 10.6 Å². The summed E-state index contributed by atoms with van der Waals surface area (Å²) < 4.78 is 41.9. The van der Waals surface area contributed by atoms with E-state index >= 15 is 0 Å². The molecule has 0 spiro atoms. The van der Waals surface area contributed by atoms with Gasteiger partial charge < -0.3 is 10.2 Å². The maximum Gasteiger partial charge on any atom is 0.264 e. The van der Waals surface area contributed by atoms with Crippen molar-refractivity contribution in [1.29, 1.82) is 0 Å². The lowest BCUT2D eigenvalue weighted by atomic mass is 10.1. The topological polar surface area (TPSA) is 86.8 Å². The standard InChI is InChI=1S/C27H28Cl2FN3O4S/c1-3-25(27(35)31-4-2)32(17-19-8-12-22(30)13-9-19)26(34)18-33(23-7-5-6-21(29)16-23)38(36,37)24-14-10-20(28)11-15-24/h5-16,25H,3-4,17-18H2,1-2H3,(H,31,35)/t25-/m1/s1. The zero-order valence-corrected chi connectivity index (χ0v) is 23.2. The van der Waals surface area contributed by atoms with Crippen LogP contribution < -0.4 is 9.62 Å². The predicted molar refractivity (Wildman–Crippen MR) is 147 cm³/mol.